The maximum absolute atomic E-state index is 12.6. The normalized spacial score (nSPS) is 10.2. The molecule has 0 saturated heterocycles. The number of isocyanates is 2. The second-order valence-corrected chi connectivity index (χ2v) is 2.58. The summed E-state index contributed by atoms with van der Waals surface area (Å²) in [6, 6.07) is 3.12. The van der Waals surface area contributed by atoms with Crippen LogP contribution >= 0.6 is 0 Å². The summed E-state index contributed by atoms with van der Waals surface area (Å²) in [4.78, 5) is 25.7. The summed E-state index contributed by atoms with van der Waals surface area (Å²) in [5.74, 6) is 0. The van der Waals surface area contributed by atoms with Crippen LogP contribution in [0.25, 0.3) is 0 Å². The van der Waals surface area contributed by atoms with Crippen molar-refractivity contribution >= 4 is 23.5 Å². The molecule has 0 aliphatic heterocycles. The molecule has 0 amide bonds. The van der Waals surface area contributed by atoms with Crippen LogP contribution in [-0.2, 0) is 15.8 Å². The Bertz CT molecular complexity index is 462. The Kier molecular flexibility index (Phi) is 3.35. The van der Waals surface area contributed by atoms with E-state index in [1.807, 2.05) is 0 Å². The van der Waals surface area contributed by atoms with Gasteiger partial charge < -0.3 is 0 Å². The first-order valence-electron chi connectivity index (χ1n) is 3.86. The van der Waals surface area contributed by atoms with Crippen LogP contribution in [0.5, 0.6) is 0 Å². The summed E-state index contributed by atoms with van der Waals surface area (Å²) in [5, 5.41) is 0. The molecule has 0 aromatic heterocycles. The van der Waals surface area contributed by atoms with E-state index in [0.29, 0.717) is 0 Å². The fraction of sp³-hybridized carbons (Fsp3) is 0.111. The molecule has 0 atom stereocenters. The highest BCUT2D eigenvalue weighted by Gasteiger charge is 2.36. The number of nitrogens with zero attached hydrogens (tertiary/aromatic N) is 2. The molecule has 0 N–H and O–H groups in total. The van der Waals surface area contributed by atoms with E-state index in [0.717, 1.165) is 24.3 Å². The minimum Gasteiger partial charge on any atom is -0.211 e. The molecule has 4 nitrogen and oxygen atoms in total. The van der Waals surface area contributed by atoms with Gasteiger partial charge in [0.05, 0.1) is 11.4 Å². The molecule has 1 aromatic carbocycles. The van der Waals surface area contributed by atoms with Crippen molar-refractivity contribution in [2.75, 3.05) is 0 Å². The van der Waals surface area contributed by atoms with Crippen molar-refractivity contribution in [3.05, 3.63) is 23.8 Å². The van der Waals surface area contributed by atoms with Crippen LogP contribution in [0.4, 0.5) is 24.5 Å². The third-order valence-electron chi connectivity index (χ3n) is 1.64. The van der Waals surface area contributed by atoms with E-state index in [1.165, 1.54) is 6.07 Å². The van der Waals surface area contributed by atoms with Gasteiger partial charge in [0, 0.05) is 0 Å². The first-order chi connectivity index (χ1) is 7.50. The molecule has 0 unspecified atom stereocenters. The second-order valence-electron chi connectivity index (χ2n) is 2.58. The van der Waals surface area contributed by atoms with Crippen molar-refractivity contribution in [3.8, 4) is 0 Å². The van der Waals surface area contributed by atoms with Gasteiger partial charge in [0.1, 0.15) is 5.56 Å². The molecule has 0 fully saturated rings. The highest BCUT2D eigenvalue weighted by Crippen LogP contribution is 2.42. The van der Waals surface area contributed by atoms with E-state index in [4.69, 9.17) is 0 Å². The smallest absolute Gasteiger partial charge is 0.211 e. The Morgan fingerprint density at radius 1 is 1.00 bits per heavy atom. The summed E-state index contributed by atoms with van der Waals surface area (Å²) in [6.45, 7) is 0. The van der Waals surface area contributed by atoms with Crippen LogP contribution in [-0.4, -0.2) is 12.2 Å². The van der Waals surface area contributed by atoms with Crippen molar-refractivity contribution < 1.29 is 22.8 Å². The zero-order valence-corrected chi connectivity index (χ0v) is 7.58. The number of rotatable bonds is 2. The maximum atomic E-state index is 12.6. The number of aliphatic imine (C=N–C) groups is 2. The number of carbonyl (C=O) groups excluding carboxylic acids is 2. The van der Waals surface area contributed by atoms with Gasteiger partial charge in [-0.2, -0.15) is 23.2 Å². The number of halogens is 3. The first kappa shape index (κ1) is 11.8. The van der Waals surface area contributed by atoms with Crippen LogP contribution < -0.4 is 0 Å². The second kappa shape index (κ2) is 4.53. The lowest BCUT2D eigenvalue weighted by molar-refractivity contribution is -0.136. The van der Waals surface area contributed by atoms with Crippen LogP contribution in [0.1, 0.15) is 5.56 Å². The van der Waals surface area contributed by atoms with Gasteiger partial charge in [-0.15, -0.1) is 0 Å². The SMILES string of the molecule is O=C=Nc1cccc(N=C=O)c1C(F)(F)F. The largest absolute Gasteiger partial charge is 0.420 e. The number of hydrogen-bond donors (Lipinski definition) is 0. The predicted octanol–water partition coefficient (Wildman–Crippen LogP) is 2.64. The van der Waals surface area contributed by atoms with Gasteiger partial charge in [-0.1, -0.05) is 6.07 Å². The van der Waals surface area contributed by atoms with Crippen molar-refractivity contribution in [2.24, 2.45) is 9.98 Å². The minimum atomic E-state index is -4.77. The molecule has 0 heterocycles. The topological polar surface area (TPSA) is 58.9 Å². The molecule has 1 rings (SSSR count). The van der Waals surface area contributed by atoms with Gasteiger partial charge in [-0.3, -0.25) is 0 Å². The van der Waals surface area contributed by atoms with Crippen LogP contribution in [0.15, 0.2) is 28.2 Å². The van der Waals surface area contributed by atoms with Gasteiger partial charge in [0.2, 0.25) is 12.2 Å². The summed E-state index contributed by atoms with van der Waals surface area (Å²) in [7, 11) is 0. The summed E-state index contributed by atoms with van der Waals surface area (Å²) >= 11 is 0. The zero-order chi connectivity index (χ0) is 12.2. The van der Waals surface area contributed by atoms with E-state index in [-0.39, 0.29) is 0 Å². The highest BCUT2D eigenvalue weighted by molar-refractivity contribution is 5.66. The minimum absolute atomic E-state index is 0.640. The third kappa shape index (κ3) is 2.42. The molecule has 1 aromatic rings. The van der Waals surface area contributed by atoms with Gasteiger partial charge in [0.15, 0.2) is 0 Å². The summed E-state index contributed by atoms with van der Waals surface area (Å²) in [5.41, 5.74) is -2.54. The van der Waals surface area contributed by atoms with E-state index in [1.54, 1.807) is 0 Å². The van der Waals surface area contributed by atoms with Crippen LogP contribution in [0.3, 0.4) is 0 Å². The lowest BCUT2D eigenvalue weighted by atomic mass is 10.1. The molecule has 0 spiro atoms. The Labute approximate surface area is 87.1 Å². The highest BCUT2D eigenvalue weighted by atomic mass is 19.4. The Morgan fingerprint density at radius 3 is 1.75 bits per heavy atom. The quantitative estimate of drug-likeness (QED) is 0.577. The Balaban J connectivity index is 3.59. The predicted molar refractivity (Wildman–Crippen MR) is 47.0 cm³/mol. The van der Waals surface area contributed by atoms with E-state index in [2.05, 4.69) is 9.98 Å². The fourth-order valence-corrected chi connectivity index (χ4v) is 1.10. The number of benzene rings is 1. The van der Waals surface area contributed by atoms with Crippen molar-refractivity contribution in [2.45, 2.75) is 6.18 Å². The molecule has 7 heteroatoms. The van der Waals surface area contributed by atoms with E-state index in [9.17, 15) is 22.8 Å². The van der Waals surface area contributed by atoms with Gasteiger partial charge in [-0.25, -0.2) is 9.59 Å². The van der Waals surface area contributed by atoms with E-state index < -0.39 is 23.1 Å². The Morgan fingerprint density at radius 2 is 1.44 bits per heavy atom. The fourth-order valence-electron chi connectivity index (χ4n) is 1.10. The third-order valence-corrected chi connectivity index (χ3v) is 1.64. The molecular weight excluding hydrogens is 225 g/mol. The average Bonchev–Trinajstić information content (AvgIpc) is 2.17. The molecule has 0 aliphatic carbocycles. The van der Waals surface area contributed by atoms with Crippen molar-refractivity contribution in [1.82, 2.24) is 0 Å². The summed E-state index contributed by atoms with van der Waals surface area (Å²) in [6.07, 6.45) is -2.77. The molecule has 82 valence electrons. The summed E-state index contributed by atoms with van der Waals surface area (Å²) < 4.78 is 37.7. The van der Waals surface area contributed by atoms with Gasteiger partial charge in [0.25, 0.3) is 0 Å². The lowest BCUT2D eigenvalue weighted by Gasteiger charge is -2.10. The molecule has 0 saturated carbocycles. The lowest BCUT2D eigenvalue weighted by Crippen LogP contribution is -2.05. The average molecular weight is 228 g/mol. The van der Waals surface area contributed by atoms with Crippen LogP contribution in [0.2, 0.25) is 0 Å². The first-order valence-corrected chi connectivity index (χ1v) is 3.86. The maximum Gasteiger partial charge on any atom is 0.420 e. The van der Waals surface area contributed by atoms with Crippen molar-refractivity contribution in [3.63, 3.8) is 0 Å². The molecule has 16 heavy (non-hydrogen) atoms. The number of alkyl halides is 3. The van der Waals surface area contributed by atoms with Crippen LogP contribution in [0, 0.1) is 0 Å². The van der Waals surface area contributed by atoms with E-state index >= 15 is 0 Å². The Hall–Kier alpha value is -2.23. The molecular formula is C9H3F3N2O2. The number of hydrogen-bond acceptors (Lipinski definition) is 4. The molecule has 0 bridgehead atoms. The van der Waals surface area contributed by atoms with Gasteiger partial charge in [-0.05, 0) is 12.1 Å². The van der Waals surface area contributed by atoms with Crippen molar-refractivity contribution in [1.29, 1.82) is 0 Å². The standard InChI is InChI=1S/C9H3F3N2O2/c10-9(11,12)8-6(13-4-15)2-1-3-7(8)14-5-16/h1-3H. The van der Waals surface area contributed by atoms with Gasteiger partial charge >= 0.3 is 6.18 Å². The monoisotopic (exact) mass is 228 g/mol. The molecule has 0 aliphatic rings. The molecule has 0 radical (unpaired) electrons. The zero-order valence-electron chi connectivity index (χ0n) is 7.58.